The summed E-state index contributed by atoms with van der Waals surface area (Å²) in [6, 6.07) is 50.7. The van der Waals surface area contributed by atoms with Gasteiger partial charge >= 0.3 is 0 Å². The molecule has 0 atom stereocenters. The third-order valence-electron chi connectivity index (χ3n) is 8.07. The first-order valence-electron chi connectivity index (χ1n) is 13.6. The van der Waals surface area contributed by atoms with Gasteiger partial charge in [-0.05, 0) is 98.4 Å². The number of benzene rings is 7. The van der Waals surface area contributed by atoms with Gasteiger partial charge in [0.05, 0.1) is 11.0 Å². The molecule has 0 saturated heterocycles. The average Bonchev–Trinajstić information content (AvgIpc) is 3.33. The van der Waals surface area contributed by atoms with Crippen LogP contribution in [0.3, 0.4) is 0 Å². The van der Waals surface area contributed by atoms with E-state index in [-0.39, 0.29) is 0 Å². The van der Waals surface area contributed by atoms with Gasteiger partial charge in [0.2, 0.25) is 0 Å². The number of fused-ring (bicyclic) bond motifs is 5. The predicted octanol–water partition coefficient (Wildman–Crippen LogP) is 11.9. The highest BCUT2D eigenvalue weighted by atomic mass is 79.9. The van der Waals surface area contributed by atoms with Crippen LogP contribution in [0.5, 0.6) is 0 Å². The average molecular weight is 653 g/mol. The van der Waals surface area contributed by atoms with Crippen LogP contribution < -0.4 is 0 Å². The van der Waals surface area contributed by atoms with Crippen LogP contribution >= 0.6 is 31.9 Å². The zero-order valence-electron chi connectivity index (χ0n) is 22.0. The molecular weight excluding hydrogens is 630 g/mol. The van der Waals surface area contributed by atoms with Gasteiger partial charge in [0, 0.05) is 25.4 Å². The summed E-state index contributed by atoms with van der Waals surface area (Å²) in [7, 11) is 0. The highest BCUT2D eigenvalue weighted by molar-refractivity contribution is 9.10. The maximum atomic E-state index is 3.71. The van der Waals surface area contributed by atoms with Gasteiger partial charge in [-0.15, -0.1) is 0 Å². The molecule has 0 spiro atoms. The molecular formula is C38H23Br2N. The van der Waals surface area contributed by atoms with Crippen LogP contribution in [0.15, 0.2) is 148 Å². The molecule has 194 valence electrons. The lowest BCUT2D eigenvalue weighted by atomic mass is 9.92. The molecule has 0 aliphatic carbocycles. The van der Waals surface area contributed by atoms with E-state index in [1.54, 1.807) is 0 Å². The number of aromatic nitrogens is 1. The number of hydrogen-bond donors (Lipinski definition) is 0. The Hall–Kier alpha value is -4.18. The van der Waals surface area contributed by atoms with Crippen molar-refractivity contribution in [3.05, 3.63) is 148 Å². The van der Waals surface area contributed by atoms with E-state index in [2.05, 4.69) is 176 Å². The molecule has 0 radical (unpaired) electrons. The van der Waals surface area contributed by atoms with Crippen LogP contribution in [0.2, 0.25) is 0 Å². The highest BCUT2D eigenvalue weighted by Gasteiger charge is 2.16. The second kappa shape index (κ2) is 9.73. The predicted molar refractivity (Wildman–Crippen MR) is 182 cm³/mol. The molecule has 8 aromatic rings. The lowest BCUT2D eigenvalue weighted by molar-refractivity contribution is 1.18. The molecule has 0 saturated carbocycles. The van der Waals surface area contributed by atoms with Gasteiger partial charge in [-0.2, -0.15) is 0 Å². The summed E-state index contributed by atoms with van der Waals surface area (Å²) in [5.74, 6) is 0. The summed E-state index contributed by atoms with van der Waals surface area (Å²) in [5, 5.41) is 7.44. The molecule has 0 amide bonds. The Morgan fingerprint density at radius 3 is 1.37 bits per heavy atom. The van der Waals surface area contributed by atoms with E-state index in [9.17, 15) is 0 Å². The Bertz CT molecular complexity index is 2130. The molecule has 0 unspecified atom stereocenters. The van der Waals surface area contributed by atoms with Gasteiger partial charge in [-0.1, -0.05) is 117 Å². The van der Waals surface area contributed by atoms with E-state index in [1.807, 2.05) is 0 Å². The van der Waals surface area contributed by atoms with Crippen LogP contribution in [0.25, 0.3) is 71.3 Å². The van der Waals surface area contributed by atoms with Crippen molar-refractivity contribution in [1.29, 1.82) is 0 Å². The lowest BCUT2D eigenvalue weighted by Crippen LogP contribution is -1.96. The quantitative estimate of drug-likeness (QED) is 0.179. The Balaban J connectivity index is 1.49. The second-order valence-corrected chi connectivity index (χ2v) is 12.3. The first-order valence-corrected chi connectivity index (χ1v) is 15.2. The minimum Gasteiger partial charge on any atom is -0.309 e. The van der Waals surface area contributed by atoms with Gasteiger partial charge in [0.15, 0.2) is 0 Å². The molecule has 0 fully saturated rings. The van der Waals surface area contributed by atoms with Crippen molar-refractivity contribution in [2.75, 3.05) is 0 Å². The SMILES string of the molecule is Brc1ccc2c(c1)c1cc(Br)ccc1n2-c1cc(-c2cccc3ccccc23)cc(-c2cccc3ccccc23)c1. The fourth-order valence-electron chi connectivity index (χ4n) is 6.25. The van der Waals surface area contributed by atoms with Crippen molar-refractivity contribution in [2.45, 2.75) is 0 Å². The molecule has 1 nitrogen and oxygen atoms in total. The molecule has 1 aromatic heterocycles. The number of rotatable bonds is 3. The van der Waals surface area contributed by atoms with E-state index in [1.165, 1.54) is 65.6 Å². The smallest absolute Gasteiger partial charge is 0.0541 e. The molecule has 0 aliphatic rings. The van der Waals surface area contributed by atoms with Crippen molar-refractivity contribution in [2.24, 2.45) is 0 Å². The van der Waals surface area contributed by atoms with Crippen LogP contribution in [0.1, 0.15) is 0 Å². The Labute approximate surface area is 254 Å². The fourth-order valence-corrected chi connectivity index (χ4v) is 6.97. The largest absolute Gasteiger partial charge is 0.309 e. The lowest BCUT2D eigenvalue weighted by Gasteiger charge is -2.16. The topological polar surface area (TPSA) is 4.93 Å². The van der Waals surface area contributed by atoms with Crippen molar-refractivity contribution < 1.29 is 0 Å². The standard InChI is InChI=1S/C38H23Br2N/c39-28-15-17-37-35(22-28)36-23-29(40)16-18-38(36)41(37)30-20-26(33-13-5-9-24-7-1-3-11-31(24)33)19-27(21-30)34-14-6-10-25-8-2-4-12-32(25)34/h1-23H. The number of halogens is 2. The van der Waals surface area contributed by atoms with Gasteiger partial charge in [-0.3, -0.25) is 0 Å². The van der Waals surface area contributed by atoms with Crippen LogP contribution in [-0.2, 0) is 0 Å². The third kappa shape index (κ3) is 4.11. The van der Waals surface area contributed by atoms with E-state index >= 15 is 0 Å². The molecule has 0 aliphatic heterocycles. The van der Waals surface area contributed by atoms with Gasteiger partial charge in [0.25, 0.3) is 0 Å². The normalized spacial score (nSPS) is 11.7. The van der Waals surface area contributed by atoms with Crippen molar-refractivity contribution >= 4 is 75.2 Å². The fraction of sp³-hybridized carbons (Fsp3) is 0. The Morgan fingerprint density at radius 2 is 0.854 bits per heavy atom. The van der Waals surface area contributed by atoms with E-state index in [0.29, 0.717) is 0 Å². The summed E-state index contributed by atoms with van der Waals surface area (Å²) in [5.41, 5.74) is 8.37. The molecule has 7 aromatic carbocycles. The minimum atomic E-state index is 1.07. The van der Waals surface area contributed by atoms with Gasteiger partial charge in [0.1, 0.15) is 0 Å². The van der Waals surface area contributed by atoms with Crippen LogP contribution in [0.4, 0.5) is 0 Å². The first-order chi connectivity index (χ1) is 20.1. The zero-order valence-corrected chi connectivity index (χ0v) is 25.2. The second-order valence-electron chi connectivity index (χ2n) is 10.5. The Kier molecular flexibility index (Phi) is 5.84. The summed E-state index contributed by atoms with van der Waals surface area (Å²) < 4.78 is 4.56. The van der Waals surface area contributed by atoms with E-state index in [0.717, 1.165) is 14.6 Å². The monoisotopic (exact) mass is 651 g/mol. The minimum absolute atomic E-state index is 1.07. The third-order valence-corrected chi connectivity index (χ3v) is 9.05. The molecule has 0 N–H and O–H groups in total. The van der Waals surface area contributed by atoms with E-state index < -0.39 is 0 Å². The van der Waals surface area contributed by atoms with Crippen molar-refractivity contribution in [3.8, 4) is 27.9 Å². The van der Waals surface area contributed by atoms with Crippen molar-refractivity contribution in [3.63, 3.8) is 0 Å². The maximum Gasteiger partial charge on any atom is 0.0541 e. The molecule has 0 bridgehead atoms. The van der Waals surface area contributed by atoms with E-state index in [4.69, 9.17) is 0 Å². The first kappa shape index (κ1) is 24.6. The summed E-state index contributed by atoms with van der Waals surface area (Å²) in [6.45, 7) is 0. The van der Waals surface area contributed by atoms with Crippen LogP contribution in [-0.4, -0.2) is 4.57 Å². The summed E-state index contributed by atoms with van der Waals surface area (Å²) in [6.07, 6.45) is 0. The van der Waals surface area contributed by atoms with Crippen molar-refractivity contribution in [1.82, 2.24) is 4.57 Å². The van der Waals surface area contributed by atoms with Crippen LogP contribution in [0, 0.1) is 0 Å². The molecule has 41 heavy (non-hydrogen) atoms. The van der Waals surface area contributed by atoms with Gasteiger partial charge in [-0.25, -0.2) is 0 Å². The highest BCUT2D eigenvalue weighted by Crippen LogP contribution is 2.40. The molecule has 8 rings (SSSR count). The van der Waals surface area contributed by atoms with Gasteiger partial charge < -0.3 is 4.57 Å². The molecule has 1 heterocycles. The number of nitrogens with zero attached hydrogens (tertiary/aromatic N) is 1. The Morgan fingerprint density at radius 1 is 0.390 bits per heavy atom. The zero-order chi connectivity index (χ0) is 27.5. The summed E-state index contributed by atoms with van der Waals surface area (Å²) in [4.78, 5) is 0. The molecule has 3 heteroatoms. The summed E-state index contributed by atoms with van der Waals surface area (Å²) >= 11 is 7.42. The number of hydrogen-bond acceptors (Lipinski definition) is 0. The maximum absolute atomic E-state index is 3.71.